The summed E-state index contributed by atoms with van der Waals surface area (Å²) < 4.78 is 49.6. The number of ether oxygens (including phenoxy) is 2. The second-order valence-electron chi connectivity index (χ2n) is 10.0. The maximum atomic E-state index is 13.2. The Morgan fingerprint density at radius 2 is 1.82 bits per heavy atom. The molecule has 2 aromatic carbocycles. The van der Waals surface area contributed by atoms with Crippen LogP contribution in [0.1, 0.15) is 30.4 Å². The number of methoxy groups -OCH3 is 2. The zero-order valence-corrected chi connectivity index (χ0v) is 21.9. The summed E-state index contributed by atoms with van der Waals surface area (Å²) in [7, 11) is 2.92. The van der Waals surface area contributed by atoms with E-state index in [1.165, 1.54) is 26.4 Å². The fourth-order valence-corrected chi connectivity index (χ4v) is 5.69. The molecule has 7 nitrogen and oxygen atoms in total. The summed E-state index contributed by atoms with van der Waals surface area (Å²) in [6.45, 7) is 5.17. The Bertz CT molecular complexity index is 1090. The fraction of sp³-hybridized carbons (Fsp3) is 0.536. The quantitative estimate of drug-likeness (QED) is 0.503. The predicted molar refractivity (Wildman–Crippen MR) is 138 cm³/mol. The monoisotopic (exact) mass is 535 g/mol. The number of alkyl halides is 3. The van der Waals surface area contributed by atoms with Crippen LogP contribution in [0.15, 0.2) is 42.5 Å². The van der Waals surface area contributed by atoms with Crippen molar-refractivity contribution in [3.8, 4) is 11.5 Å². The third-order valence-electron chi connectivity index (χ3n) is 7.70. The van der Waals surface area contributed by atoms with Crippen molar-refractivity contribution in [1.29, 1.82) is 0 Å². The van der Waals surface area contributed by atoms with Crippen LogP contribution in [0.4, 0.5) is 18.9 Å². The van der Waals surface area contributed by atoms with Crippen LogP contribution in [0.5, 0.6) is 11.5 Å². The molecule has 0 spiro atoms. The molecule has 1 N–H and O–H groups in total. The number of benzene rings is 2. The number of hydrogen-bond donors (Lipinski definition) is 1. The van der Waals surface area contributed by atoms with Crippen molar-refractivity contribution < 1.29 is 32.5 Å². The maximum Gasteiger partial charge on any atom is 0.416 e. The molecule has 208 valence electrons. The zero-order chi connectivity index (χ0) is 27.3. The molecular weight excluding hydrogens is 499 g/mol. The number of piperazine rings is 1. The number of nitrogens with zero attached hydrogens (tertiary/aromatic N) is 3. The SMILES string of the molecule is COC(=O)CC[C@@H]1CN(Cc2ccc(OC)c(O)c2)CC[C@@H]1N1CCN(c2cccc(C(F)(F)F)c2)CC1. The van der Waals surface area contributed by atoms with Gasteiger partial charge in [-0.2, -0.15) is 13.2 Å². The lowest BCUT2D eigenvalue weighted by atomic mass is 9.86. The summed E-state index contributed by atoms with van der Waals surface area (Å²) in [5, 5.41) is 10.2. The first-order valence-corrected chi connectivity index (χ1v) is 13.0. The normalized spacial score (nSPS) is 21.3. The number of rotatable bonds is 8. The van der Waals surface area contributed by atoms with Gasteiger partial charge in [-0.05, 0) is 61.2 Å². The molecule has 0 amide bonds. The average Bonchev–Trinajstić information content (AvgIpc) is 2.91. The first kappa shape index (κ1) is 28.0. The smallest absolute Gasteiger partial charge is 0.416 e. The van der Waals surface area contributed by atoms with Crippen molar-refractivity contribution in [2.45, 2.75) is 38.0 Å². The fourth-order valence-electron chi connectivity index (χ4n) is 5.69. The minimum Gasteiger partial charge on any atom is -0.504 e. The van der Waals surface area contributed by atoms with E-state index in [9.17, 15) is 23.1 Å². The van der Waals surface area contributed by atoms with Crippen LogP contribution < -0.4 is 9.64 Å². The van der Waals surface area contributed by atoms with Crippen molar-refractivity contribution >= 4 is 11.7 Å². The van der Waals surface area contributed by atoms with Gasteiger partial charge >= 0.3 is 12.1 Å². The number of halogens is 3. The van der Waals surface area contributed by atoms with E-state index in [0.29, 0.717) is 43.9 Å². The van der Waals surface area contributed by atoms with Gasteiger partial charge < -0.3 is 19.5 Å². The zero-order valence-electron chi connectivity index (χ0n) is 21.9. The largest absolute Gasteiger partial charge is 0.504 e. The number of anilines is 1. The number of aromatic hydroxyl groups is 1. The van der Waals surface area contributed by atoms with Crippen molar-refractivity contribution in [3.63, 3.8) is 0 Å². The van der Waals surface area contributed by atoms with Gasteiger partial charge in [0.25, 0.3) is 0 Å². The van der Waals surface area contributed by atoms with Gasteiger partial charge in [-0.25, -0.2) is 0 Å². The summed E-state index contributed by atoms with van der Waals surface area (Å²) in [4.78, 5) is 18.7. The van der Waals surface area contributed by atoms with Crippen LogP contribution in [-0.2, 0) is 22.3 Å². The van der Waals surface area contributed by atoms with Crippen LogP contribution in [0.25, 0.3) is 0 Å². The lowest BCUT2D eigenvalue weighted by Crippen LogP contribution is -2.56. The van der Waals surface area contributed by atoms with E-state index in [1.54, 1.807) is 18.2 Å². The predicted octanol–water partition coefficient (Wildman–Crippen LogP) is 4.39. The molecular formula is C28H36F3N3O4. The Labute approximate surface area is 221 Å². The molecule has 38 heavy (non-hydrogen) atoms. The van der Waals surface area contributed by atoms with Crippen LogP contribution in [0.3, 0.4) is 0 Å². The standard InChI is InChI=1S/C28H36F3N3O4/c1-37-26-8-6-20(16-25(26)35)18-32-11-10-24(21(19-32)7-9-27(36)38-2)34-14-12-33(13-15-34)23-5-3-4-22(17-23)28(29,30)31/h3-6,8,16-17,21,24,35H,7,9-15,18-19H2,1-2H3/t21-,24+/m1/s1. The van der Waals surface area contributed by atoms with E-state index in [4.69, 9.17) is 9.47 Å². The second kappa shape index (κ2) is 12.3. The Morgan fingerprint density at radius 1 is 1.05 bits per heavy atom. The molecule has 2 aromatic rings. The van der Waals surface area contributed by atoms with Crippen LogP contribution in [-0.4, -0.2) is 80.4 Å². The molecule has 2 fully saturated rings. The Kier molecular flexibility index (Phi) is 9.04. The van der Waals surface area contributed by atoms with Gasteiger partial charge in [0, 0.05) is 57.4 Å². The van der Waals surface area contributed by atoms with Crippen LogP contribution in [0.2, 0.25) is 0 Å². The van der Waals surface area contributed by atoms with E-state index in [1.807, 2.05) is 11.0 Å². The number of carbonyl (C=O) groups excluding carboxylic acids is 1. The first-order chi connectivity index (χ1) is 18.2. The lowest BCUT2D eigenvalue weighted by molar-refractivity contribution is -0.141. The van der Waals surface area contributed by atoms with E-state index in [0.717, 1.165) is 44.2 Å². The Morgan fingerprint density at radius 3 is 2.47 bits per heavy atom. The number of phenols is 1. The Balaban J connectivity index is 1.40. The molecule has 0 radical (unpaired) electrons. The summed E-state index contributed by atoms with van der Waals surface area (Å²) in [5.41, 5.74) is 0.959. The molecule has 2 heterocycles. The second-order valence-corrected chi connectivity index (χ2v) is 10.0. The molecule has 0 aliphatic carbocycles. The van der Waals surface area contributed by atoms with Crippen LogP contribution in [0, 0.1) is 5.92 Å². The van der Waals surface area contributed by atoms with E-state index in [2.05, 4.69) is 9.80 Å². The highest BCUT2D eigenvalue weighted by Gasteiger charge is 2.36. The van der Waals surface area contributed by atoms with E-state index >= 15 is 0 Å². The third kappa shape index (κ3) is 6.91. The minimum absolute atomic E-state index is 0.112. The molecule has 0 unspecified atom stereocenters. The molecule has 0 bridgehead atoms. The highest BCUT2D eigenvalue weighted by molar-refractivity contribution is 5.69. The average molecular weight is 536 g/mol. The summed E-state index contributed by atoms with van der Waals surface area (Å²) in [6.07, 6.45) is -2.38. The number of phenolic OH excluding ortho intramolecular Hbond substituents is 1. The third-order valence-corrected chi connectivity index (χ3v) is 7.70. The van der Waals surface area contributed by atoms with E-state index < -0.39 is 11.7 Å². The van der Waals surface area contributed by atoms with Gasteiger partial charge in [0.1, 0.15) is 0 Å². The maximum absolute atomic E-state index is 13.2. The number of carbonyl (C=O) groups is 1. The molecule has 2 aliphatic heterocycles. The lowest BCUT2D eigenvalue weighted by Gasteiger charge is -2.47. The van der Waals surface area contributed by atoms with Gasteiger partial charge in [0.2, 0.25) is 0 Å². The number of likely N-dealkylation sites (tertiary alicyclic amines) is 1. The first-order valence-electron chi connectivity index (χ1n) is 13.0. The van der Waals surface area contributed by atoms with Gasteiger partial charge in [-0.15, -0.1) is 0 Å². The highest BCUT2D eigenvalue weighted by atomic mass is 19.4. The van der Waals surface area contributed by atoms with Crippen molar-refractivity contribution in [2.75, 3.05) is 58.4 Å². The molecule has 0 saturated carbocycles. The Hall–Kier alpha value is -2.98. The van der Waals surface area contributed by atoms with Gasteiger partial charge in [0.15, 0.2) is 11.5 Å². The topological polar surface area (TPSA) is 65.5 Å². The van der Waals surface area contributed by atoms with E-state index in [-0.39, 0.29) is 23.7 Å². The molecule has 0 aromatic heterocycles. The number of hydrogen-bond acceptors (Lipinski definition) is 7. The minimum atomic E-state index is -4.36. The summed E-state index contributed by atoms with van der Waals surface area (Å²) in [5.74, 6) is 0.568. The summed E-state index contributed by atoms with van der Waals surface area (Å²) in [6, 6.07) is 11.2. The van der Waals surface area contributed by atoms with Crippen LogP contribution >= 0.6 is 0 Å². The molecule has 2 saturated heterocycles. The molecule has 2 aliphatic rings. The van der Waals surface area contributed by atoms with Gasteiger partial charge in [-0.1, -0.05) is 12.1 Å². The molecule has 10 heteroatoms. The summed E-state index contributed by atoms with van der Waals surface area (Å²) >= 11 is 0. The van der Waals surface area contributed by atoms with Gasteiger partial charge in [-0.3, -0.25) is 14.6 Å². The highest BCUT2D eigenvalue weighted by Crippen LogP contribution is 2.33. The van der Waals surface area contributed by atoms with Crippen molar-refractivity contribution in [3.05, 3.63) is 53.6 Å². The van der Waals surface area contributed by atoms with Crippen molar-refractivity contribution in [2.24, 2.45) is 5.92 Å². The molecule has 4 rings (SSSR count). The van der Waals surface area contributed by atoms with Crippen molar-refractivity contribution in [1.82, 2.24) is 9.80 Å². The number of piperidine rings is 1. The number of esters is 1. The molecule has 2 atom stereocenters. The van der Waals surface area contributed by atoms with Gasteiger partial charge in [0.05, 0.1) is 19.8 Å².